The molecule has 1 aliphatic rings. The van der Waals surface area contributed by atoms with Gasteiger partial charge in [0.15, 0.2) is 0 Å². The van der Waals surface area contributed by atoms with E-state index in [0.29, 0.717) is 6.04 Å². The molecule has 0 saturated carbocycles. The minimum Gasteiger partial charge on any atom is -0.497 e. The summed E-state index contributed by atoms with van der Waals surface area (Å²) in [5, 5.41) is 3.63. The standard InChI is InChI=1S/C16H25NO2/c1-6-7-17-13-10-16(2,3)15-12(13)8-11(18-4)9-14(15)19-5/h8-9,13,17H,6-7,10H2,1-5H3. The summed E-state index contributed by atoms with van der Waals surface area (Å²) < 4.78 is 11.0. The largest absolute Gasteiger partial charge is 0.497 e. The number of hydrogen-bond donors (Lipinski definition) is 1. The first-order valence-corrected chi connectivity index (χ1v) is 7.03. The van der Waals surface area contributed by atoms with Gasteiger partial charge < -0.3 is 14.8 Å². The van der Waals surface area contributed by atoms with Gasteiger partial charge in [-0.3, -0.25) is 0 Å². The molecule has 106 valence electrons. The monoisotopic (exact) mass is 263 g/mol. The highest BCUT2D eigenvalue weighted by molar-refractivity contribution is 5.54. The summed E-state index contributed by atoms with van der Waals surface area (Å²) in [4.78, 5) is 0. The average Bonchev–Trinajstić information content (AvgIpc) is 2.66. The number of nitrogens with one attached hydrogen (secondary N) is 1. The fraction of sp³-hybridized carbons (Fsp3) is 0.625. The van der Waals surface area contributed by atoms with E-state index in [1.54, 1.807) is 14.2 Å². The molecule has 0 aliphatic heterocycles. The van der Waals surface area contributed by atoms with Crippen LogP contribution in [0.15, 0.2) is 12.1 Å². The third-order valence-electron chi connectivity index (χ3n) is 3.97. The smallest absolute Gasteiger partial charge is 0.126 e. The lowest BCUT2D eigenvalue weighted by atomic mass is 9.86. The Kier molecular flexibility index (Phi) is 4.04. The molecule has 1 atom stereocenters. The van der Waals surface area contributed by atoms with Gasteiger partial charge in [-0.25, -0.2) is 0 Å². The van der Waals surface area contributed by atoms with Gasteiger partial charge in [0.25, 0.3) is 0 Å². The van der Waals surface area contributed by atoms with Gasteiger partial charge >= 0.3 is 0 Å². The number of benzene rings is 1. The number of rotatable bonds is 5. The van der Waals surface area contributed by atoms with Crippen LogP contribution in [0.3, 0.4) is 0 Å². The molecule has 1 N–H and O–H groups in total. The molecule has 1 aliphatic carbocycles. The minimum atomic E-state index is 0.137. The third kappa shape index (κ3) is 2.57. The van der Waals surface area contributed by atoms with Gasteiger partial charge in [-0.2, -0.15) is 0 Å². The predicted molar refractivity (Wildman–Crippen MR) is 78.2 cm³/mol. The fourth-order valence-electron chi connectivity index (χ4n) is 3.11. The van der Waals surface area contributed by atoms with Crippen molar-refractivity contribution in [3.8, 4) is 11.5 Å². The predicted octanol–water partition coefficient (Wildman–Crippen LogP) is 3.43. The van der Waals surface area contributed by atoms with Crippen LogP contribution < -0.4 is 14.8 Å². The summed E-state index contributed by atoms with van der Waals surface area (Å²) in [6.45, 7) is 7.81. The minimum absolute atomic E-state index is 0.137. The summed E-state index contributed by atoms with van der Waals surface area (Å²) in [5.41, 5.74) is 2.79. The highest BCUT2D eigenvalue weighted by Crippen LogP contribution is 2.50. The molecule has 19 heavy (non-hydrogen) atoms. The van der Waals surface area contributed by atoms with E-state index in [4.69, 9.17) is 9.47 Å². The Morgan fingerprint density at radius 3 is 2.58 bits per heavy atom. The second kappa shape index (κ2) is 5.41. The molecule has 0 amide bonds. The summed E-state index contributed by atoms with van der Waals surface area (Å²) in [6, 6.07) is 4.54. The van der Waals surface area contributed by atoms with Crippen molar-refractivity contribution in [3.63, 3.8) is 0 Å². The topological polar surface area (TPSA) is 30.5 Å². The van der Waals surface area contributed by atoms with Crippen molar-refractivity contribution in [2.45, 2.75) is 45.1 Å². The quantitative estimate of drug-likeness (QED) is 0.883. The molecule has 0 heterocycles. The van der Waals surface area contributed by atoms with E-state index >= 15 is 0 Å². The summed E-state index contributed by atoms with van der Waals surface area (Å²) in [6.07, 6.45) is 2.25. The van der Waals surface area contributed by atoms with Crippen LogP contribution in [0.25, 0.3) is 0 Å². The van der Waals surface area contributed by atoms with Crippen LogP contribution in [0.2, 0.25) is 0 Å². The van der Waals surface area contributed by atoms with E-state index in [0.717, 1.165) is 30.9 Å². The molecular formula is C16H25NO2. The van der Waals surface area contributed by atoms with Gasteiger partial charge in [-0.05, 0) is 36.4 Å². The molecular weight excluding hydrogens is 238 g/mol. The molecule has 0 bridgehead atoms. The van der Waals surface area contributed by atoms with Crippen molar-refractivity contribution in [3.05, 3.63) is 23.3 Å². The van der Waals surface area contributed by atoms with Gasteiger partial charge in [0, 0.05) is 17.7 Å². The summed E-state index contributed by atoms with van der Waals surface area (Å²) >= 11 is 0. The van der Waals surface area contributed by atoms with E-state index < -0.39 is 0 Å². The lowest BCUT2D eigenvalue weighted by Gasteiger charge is -2.22. The van der Waals surface area contributed by atoms with Crippen molar-refractivity contribution in [2.75, 3.05) is 20.8 Å². The lowest BCUT2D eigenvalue weighted by molar-refractivity contribution is 0.379. The zero-order valence-corrected chi connectivity index (χ0v) is 12.7. The van der Waals surface area contributed by atoms with Crippen LogP contribution in [-0.4, -0.2) is 20.8 Å². The van der Waals surface area contributed by atoms with Crippen molar-refractivity contribution in [2.24, 2.45) is 0 Å². The zero-order chi connectivity index (χ0) is 14.0. The maximum absolute atomic E-state index is 5.58. The SMILES string of the molecule is CCCNC1CC(C)(C)c2c(OC)cc(OC)cc21. The second-order valence-corrected chi connectivity index (χ2v) is 5.89. The first-order chi connectivity index (χ1) is 9.03. The molecule has 0 aromatic heterocycles. The third-order valence-corrected chi connectivity index (χ3v) is 3.97. The highest BCUT2D eigenvalue weighted by atomic mass is 16.5. The maximum Gasteiger partial charge on any atom is 0.126 e. The van der Waals surface area contributed by atoms with Gasteiger partial charge in [0.2, 0.25) is 0 Å². The molecule has 0 spiro atoms. The number of methoxy groups -OCH3 is 2. The normalized spacial score (nSPS) is 20.2. The van der Waals surface area contributed by atoms with Crippen LogP contribution in [-0.2, 0) is 5.41 Å². The highest BCUT2D eigenvalue weighted by Gasteiger charge is 2.39. The lowest BCUT2D eigenvalue weighted by Crippen LogP contribution is -2.22. The Balaban J connectivity index is 2.47. The van der Waals surface area contributed by atoms with Crippen LogP contribution in [0.5, 0.6) is 11.5 Å². The molecule has 3 heteroatoms. The average molecular weight is 263 g/mol. The second-order valence-electron chi connectivity index (χ2n) is 5.89. The fourth-order valence-corrected chi connectivity index (χ4v) is 3.11. The first-order valence-electron chi connectivity index (χ1n) is 7.03. The van der Waals surface area contributed by atoms with E-state index in [1.807, 2.05) is 6.07 Å². The molecule has 3 nitrogen and oxygen atoms in total. The zero-order valence-electron chi connectivity index (χ0n) is 12.7. The first kappa shape index (κ1) is 14.2. The van der Waals surface area contributed by atoms with Crippen LogP contribution in [0.4, 0.5) is 0 Å². The maximum atomic E-state index is 5.58. The number of hydrogen-bond acceptors (Lipinski definition) is 3. The Morgan fingerprint density at radius 2 is 2.00 bits per heavy atom. The van der Waals surface area contributed by atoms with E-state index in [9.17, 15) is 0 Å². The van der Waals surface area contributed by atoms with E-state index in [-0.39, 0.29) is 5.41 Å². The Labute approximate surface area is 116 Å². The molecule has 0 radical (unpaired) electrons. The Bertz CT molecular complexity index is 454. The van der Waals surface area contributed by atoms with Crippen molar-refractivity contribution in [1.29, 1.82) is 0 Å². The Hall–Kier alpha value is -1.22. The van der Waals surface area contributed by atoms with Gasteiger partial charge in [0.05, 0.1) is 14.2 Å². The summed E-state index contributed by atoms with van der Waals surface area (Å²) in [5.74, 6) is 1.82. The molecule has 1 unspecified atom stereocenters. The van der Waals surface area contributed by atoms with Crippen molar-refractivity contribution >= 4 is 0 Å². The van der Waals surface area contributed by atoms with Crippen molar-refractivity contribution < 1.29 is 9.47 Å². The Morgan fingerprint density at radius 1 is 1.26 bits per heavy atom. The number of fused-ring (bicyclic) bond motifs is 1. The van der Waals surface area contributed by atoms with Gasteiger partial charge in [-0.15, -0.1) is 0 Å². The molecule has 2 rings (SSSR count). The number of ether oxygens (including phenoxy) is 2. The van der Waals surface area contributed by atoms with Crippen LogP contribution >= 0.6 is 0 Å². The van der Waals surface area contributed by atoms with Gasteiger partial charge in [0.1, 0.15) is 11.5 Å². The molecule has 0 saturated heterocycles. The molecule has 1 aromatic carbocycles. The molecule has 1 aromatic rings. The van der Waals surface area contributed by atoms with Crippen LogP contribution in [0, 0.1) is 0 Å². The van der Waals surface area contributed by atoms with E-state index in [2.05, 4.69) is 32.2 Å². The summed E-state index contributed by atoms with van der Waals surface area (Å²) in [7, 11) is 3.44. The van der Waals surface area contributed by atoms with E-state index in [1.165, 1.54) is 11.1 Å². The van der Waals surface area contributed by atoms with Gasteiger partial charge in [-0.1, -0.05) is 20.8 Å². The van der Waals surface area contributed by atoms with Crippen molar-refractivity contribution in [1.82, 2.24) is 5.32 Å². The van der Waals surface area contributed by atoms with Crippen LogP contribution in [0.1, 0.15) is 50.8 Å². The molecule has 0 fully saturated rings.